The van der Waals surface area contributed by atoms with Gasteiger partial charge in [0.25, 0.3) is 0 Å². The van der Waals surface area contributed by atoms with Crippen LogP contribution >= 0.6 is 0 Å². The highest BCUT2D eigenvalue weighted by Gasteiger charge is 2.18. The molecule has 1 saturated heterocycles. The highest BCUT2D eigenvalue weighted by Crippen LogP contribution is 2.07. The number of likely N-dealkylation sites (N-methyl/N-ethyl adjacent to an activating group) is 1. The molecule has 0 saturated carbocycles. The SMILES string of the molecule is CCOC(=O)COCCN(C)CC(=O)N1CCCC1. The molecule has 0 spiro atoms. The number of hydrogen-bond acceptors (Lipinski definition) is 5. The molecule has 6 heteroatoms. The van der Waals surface area contributed by atoms with E-state index in [9.17, 15) is 9.59 Å². The van der Waals surface area contributed by atoms with Crippen molar-refractivity contribution in [1.82, 2.24) is 9.80 Å². The summed E-state index contributed by atoms with van der Waals surface area (Å²) in [5.74, 6) is -0.177. The van der Waals surface area contributed by atoms with E-state index in [0.717, 1.165) is 25.9 Å². The zero-order valence-corrected chi connectivity index (χ0v) is 11.9. The van der Waals surface area contributed by atoms with Crippen LogP contribution in [0.25, 0.3) is 0 Å². The lowest BCUT2D eigenvalue weighted by molar-refractivity contribution is -0.148. The summed E-state index contributed by atoms with van der Waals surface area (Å²) in [5.41, 5.74) is 0. The van der Waals surface area contributed by atoms with E-state index in [1.54, 1.807) is 6.92 Å². The minimum atomic E-state index is -0.349. The molecule has 0 aromatic rings. The molecule has 110 valence electrons. The van der Waals surface area contributed by atoms with Crippen LogP contribution in [0.15, 0.2) is 0 Å². The molecule has 0 unspecified atom stereocenters. The van der Waals surface area contributed by atoms with Crippen molar-refractivity contribution in [2.24, 2.45) is 0 Å². The maximum absolute atomic E-state index is 11.9. The van der Waals surface area contributed by atoms with Crippen LogP contribution in [-0.2, 0) is 19.1 Å². The van der Waals surface area contributed by atoms with Crippen LogP contribution < -0.4 is 0 Å². The molecule has 6 nitrogen and oxygen atoms in total. The van der Waals surface area contributed by atoms with Crippen LogP contribution in [0.2, 0.25) is 0 Å². The van der Waals surface area contributed by atoms with Crippen molar-refractivity contribution in [3.63, 3.8) is 0 Å². The molecule has 1 fully saturated rings. The van der Waals surface area contributed by atoms with Gasteiger partial charge in [0.1, 0.15) is 6.61 Å². The summed E-state index contributed by atoms with van der Waals surface area (Å²) in [7, 11) is 1.88. The second-order valence-electron chi connectivity index (χ2n) is 4.68. The first-order valence-electron chi connectivity index (χ1n) is 6.83. The molecule has 19 heavy (non-hydrogen) atoms. The van der Waals surface area contributed by atoms with Gasteiger partial charge in [-0.15, -0.1) is 0 Å². The van der Waals surface area contributed by atoms with Crippen LogP contribution in [0.4, 0.5) is 0 Å². The molecule has 0 bridgehead atoms. The van der Waals surface area contributed by atoms with Gasteiger partial charge in [-0.3, -0.25) is 9.69 Å². The summed E-state index contributed by atoms with van der Waals surface area (Å²) in [6.07, 6.45) is 2.22. The predicted octanol–water partition coefficient (Wildman–Crippen LogP) is 0.120. The van der Waals surface area contributed by atoms with Gasteiger partial charge in [0.05, 0.1) is 19.8 Å². The average molecular weight is 272 g/mol. The molecule has 0 N–H and O–H groups in total. The van der Waals surface area contributed by atoms with Crippen LogP contribution in [0.5, 0.6) is 0 Å². The quantitative estimate of drug-likeness (QED) is 0.464. The number of carbonyl (C=O) groups excluding carboxylic acids is 2. The minimum Gasteiger partial charge on any atom is -0.464 e. The van der Waals surface area contributed by atoms with Crippen molar-refractivity contribution in [3.8, 4) is 0 Å². The molecule has 1 rings (SSSR count). The lowest BCUT2D eigenvalue weighted by Crippen LogP contribution is -2.38. The topological polar surface area (TPSA) is 59.1 Å². The lowest BCUT2D eigenvalue weighted by atomic mass is 10.4. The molecule has 0 atom stereocenters. The van der Waals surface area contributed by atoms with Gasteiger partial charge in [-0.1, -0.05) is 0 Å². The fourth-order valence-corrected chi connectivity index (χ4v) is 1.96. The third-order valence-corrected chi connectivity index (χ3v) is 3.01. The Morgan fingerprint density at radius 2 is 1.95 bits per heavy atom. The Morgan fingerprint density at radius 1 is 1.26 bits per heavy atom. The summed E-state index contributed by atoms with van der Waals surface area (Å²) in [5, 5.41) is 0. The molecular weight excluding hydrogens is 248 g/mol. The van der Waals surface area contributed by atoms with Crippen LogP contribution in [-0.4, -0.2) is 74.7 Å². The van der Waals surface area contributed by atoms with E-state index < -0.39 is 0 Å². The largest absolute Gasteiger partial charge is 0.464 e. The first-order chi connectivity index (χ1) is 9.13. The fraction of sp³-hybridized carbons (Fsp3) is 0.846. The maximum Gasteiger partial charge on any atom is 0.332 e. The average Bonchev–Trinajstić information content (AvgIpc) is 2.89. The Balaban J connectivity index is 2.05. The third kappa shape index (κ3) is 6.54. The van der Waals surface area contributed by atoms with Gasteiger partial charge < -0.3 is 14.4 Å². The van der Waals surface area contributed by atoms with Gasteiger partial charge in [-0.25, -0.2) is 4.79 Å². The van der Waals surface area contributed by atoms with Crippen molar-refractivity contribution in [1.29, 1.82) is 0 Å². The summed E-state index contributed by atoms with van der Waals surface area (Å²) in [4.78, 5) is 26.7. The minimum absolute atomic E-state index is 0.0260. The molecule has 0 radical (unpaired) electrons. The van der Waals surface area contributed by atoms with Gasteiger partial charge in [-0.2, -0.15) is 0 Å². The number of amides is 1. The van der Waals surface area contributed by atoms with Crippen molar-refractivity contribution >= 4 is 11.9 Å². The molecule has 1 aliphatic rings. The molecule has 1 heterocycles. The van der Waals surface area contributed by atoms with Gasteiger partial charge in [0.15, 0.2) is 0 Å². The summed E-state index contributed by atoms with van der Waals surface area (Å²) < 4.78 is 9.93. The van der Waals surface area contributed by atoms with E-state index in [2.05, 4.69) is 0 Å². The maximum atomic E-state index is 11.9. The number of nitrogens with zero attached hydrogens (tertiary/aromatic N) is 2. The first-order valence-corrected chi connectivity index (χ1v) is 6.83. The van der Waals surface area contributed by atoms with Crippen molar-refractivity contribution in [2.75, 3.05) is 53.0 Å². The van der Waals surface area contributed by atoms with Gasteiger partial charge in [-0.05, 0) is 26.8 Å². The standard InChI is InChI=1S/C13H24N2O4/c1-3-19-13(17)11-18-9-8-14(2)10-12(16)15-6-4-5-7-15/h3-11H2,1-2H3. The van der Waals surface area contributed by atoms with Gasteiger partial charge in [0.2, 0.25) is 5.91 Å². The monoisotopic (exact) mass is 272 g/mol. The molecule has 1 amide bonds. The van der Waals surface area contributed by atoms with Crippen molar-refractivity contribution in [3.05, 3.63) is 0 Å². The number of hydrogen-bond donors (Lipinski definition) is 0. The molecule has 0 aromatic carbocycles. The van der Waals surface area contributed by atoms with Crippen molar-refractivity contribution < 1.29 is 19.1 Å². The second-order valence-corrected chi connectivity index (χ2v) is 4.68. The second kappa shape index (κ2) is 8.87. The number of likely N-dealkylation sites (tertiary alicyclic amines) is 1. The van der Waals surface area contributed by atoms with Crippen molar-refractivity contribution in [2.45, 2.75) is 19.8 Å². The van der Waals surface area contributed by atoms with Crippen LogP contribution in [0, 0.1) is 0 Å². The summed E-state index contributed by atoms with van der Waals surface area (Å²) in [6, 6.07) is 0. The highest BCUT2D eigenvalue weighted by atomic mass is 16.6. The zero-order valence-electron chi connectivity index (χ0n) is 11.9. The summed E-state index contributed by atoms with van der Waals surface area (Å²) >= 11 is 0. The normalized spacial score (nSPS) is 15.0. The Morgan fingerprint density at radius 3 is 2.58 bits per heavy atom. The van der Waals surface area contributed by atoms with E-state index in [0.29, 0.717) is 26.3 Å². The Kier molecular flexibility index (Phi) is 7.43. The van der Waals surface area contributed by atoms with E-state index in [1.807, 2.05) is 16.8 Å². The van der Waals surface area contributed by atoms with Gasteiger partial charge in [0, 0.05) is 19.6 Å². The van der Waals surface area contributed by atoms with Crippen LogP contribution in [0.1, 0.15) is 19.8 Å². The number of carbonyl (C=O) groups is 2. The van der Waals surface area contributed by atoms with Crippen LogP contribution in [0.3, 0.4) is 0 Å². The molecular formula is C13H24N2O4. The number of esters is 1. The highest BCUT2D eigenvalue weighted by molar-refractivity contribution is 5.78. The molecule has 0 aliphatic carbocycles. The Hall–Kier alpha value is -1.14. The van der Waals surface area contributed by atoms with E-state index in [1.165, 1.54) is 0 Å². The first kappa shape index (κ1) is 15.9. The number of ether oxygens (including phenoxy) is 2. The molecule has 0 aromatic heterocycles. The molecule has 1 aliphatic heterocycles. The smallest absolute Gasteiger partial charge is 0.332 e. The lowest BCUT2D eigenvalue weighted by Gasteiger charge is -2.20. The predicted molar refractivity (Wildman–Crippen MR) is 70.8 cm³/mol. The Bertz CT molecular complexity index is 290. The zero-order chi connectivity index (χ0) is 14.1. The third-order valence-electron chi connectivity index (χ3n) is 3.01. The fourth-order valence-electron chi connectivity index (χ4n) is 1.96. The Labute approximate surface area is 114 Å². The summed E-state index contributed by atoms with van der Waals surface area (Å²) in [6.45, 7) is 5.31. The van der Waals surface area contributed by atoms with E-state index in [4.69, 9.17) is 9.47 Å². The number of rotatable bonds is 8. The van der Waals surface area contributed by atoms with E-state index >= 15 is 0 Å². The van der Waals surface area contributed by atoms with E-state index in [-0.39, 0.29) is 18.5 Å². The van der Waals surface area contributed by atoms with Gasteiger partial charge >= 0.3 is 5.97 Å².